The summed E-state index contributed by atoms with van der Waals surface area (Å²) in [5.41, 5.74) is 5.71. The molecule has 0 amide bonds. The van der Waals surface area contributed by atoms with Gasteiger partial charge in [-0.25, -0.2) is 0 Å². The average Bonchev–Trinajstić information content (AvgIpc) is 2.80. The fourth-order valence-electron chi connectivity index (χ4n) is 1.74. The number of nitrogens with zero attached hydrogens (tertiary/aromatic N) is 3. The van der Waals surface area contributed by atoms with E-state index >= 15 is 0 Å². The molecular formula is C13H24N4O3S. The minimum absolute atomic E-state index is 0.229. The van der Waals surface area contributed by atoms with Crippen molar-refractivity contribution in [2.45, 2.75) is 18.5 Å². The zero-order valence-electron chi connectivity index (χ0n) is 12.8. The summed E-state index contributed by atoms with van der Waals surface area (Å²) in [6.45, 7) is 1.28. The van der Waals surface area contributed by atoms with Crippen LogP contribution in [0.2, 0.25) is 0 Å². The molecule has 0 radical (unpaired) electrons. The minimum atomic E-state index is -0.532. The van der Waals surface area contributed by atoms with E-state index in [0.29, 0.717) is 6.54 Å². The third kappa shape index (κ3) is 7.47. The zero-order chi connectivity index (χ0) is 15.8. The first-order valence-electron chi connectivity index (χ1n) is 6.76. The van der Waals surface area contributed by atoms with E-state index in [0.717, 1.165) is 29.6 Å². The largest absolute Gasteiger partial charge is 0.464 e. The number of furan rings is 1. The first-order chi connectivity index (χ1) is 9.88. The van der Waals surface area contributed by atoms with Crippen LogP contribution in [0.25, 0.3) is 0 Å². The SMILES string of the molecule is CN(C)Cc1ccc(CSCCN(C)C(N)C[N+](=O)[O-])o1. The van der Waals surface area contributed by atoms with Crippen molar-refractivity contribution in [3.63, 3.8) is 0 Å². The van der Waals surface area contributed by atoms with Crippen molar-refractivity contribution < 1.29 is 9.34 Å². The summed E-state index contributed by atoms with van der Waals surface area (Å²) in [5.74, 6) is 3.56. The number of nitrogens with two attached hydrogens (primary N) is 1. The number of nitro groups is 1. The van der Waals surface area contributed by atoms with Gasteiger partial charge in [-0.3, -0.25) is 15.0 Å². The Balaban J connectivity index is 2.21. The van der Waals surface area contributed by atoms with Crippen molar-refractivity contribution in [3.05, 3.63) is 33.8 Å². The molecule has 0 aliphatic carbocycles. The second kappa shape index (κ2) is 9.04. The topological polar surface area (TPSA) is 88.8 Å². The second-order valence-corrected chi connectivity index (χ2v) is 6.33. The fraction of sp³-hybridized carbons (Fsp3) is 0.692. The molecule has 0 aromatic carbocycles. The Bertz CT molecular complexity index is 439. The number of likely N-dealkylation sites (N-methyl/N-ethyl adjacent to an activating group) is 1. The quantitative estimate of drug-likeness (QED) is 0.299. The molecule has 1 unspecified atom stereocenters. The van der Waals surface area contributed by atoms with Gasteiger partial charge in [0.25, 0.3) is 0 Å². The van der Waals surface area contributed by atoms with Crippen LogP contribution in [0.15, 0.2) is 16.5 Å². The molecule has 0 fully saturated rings. The highest BCUT2D eigenvalue weighted by atomic mass is 32.2. The van der Waals surface area contributed by atoms with Gasteiger partial charge in [-0.2, -0.15) is 11.8 Å². The fourth-order valence-corrected chi connectivity index (χ4v) is 2.65. The summed E-state index contributed by atoms with van der Waals surface area (Å²) in [6, 6.07) is 3.99. The Morgan fingerprint density at radius 2 is 2.05 bits per heavy atom. The van der Waals surface area contributed by atoms with E-state index in [1.807, 2.05) is 26.2 Å². The van der Waals surface area contributed by atoms with E-state index in [2.05, 4.69) is 4.90 Å². The van der Waals surface area contributed by atoms with E-state index in [9.17, 15) is 10.1 Å². The van der Waals surface area contributed by atoms with Crippen molar-refractivity contribution >= 4 is 11.8 Å². The van der Waals surface area contributed by atoms with Crippen LogP contribution >= 0.6 is 11.8 Å². The Labute approximate surface area is 129 Å². The van der Waals surface area contributed by atoms with Gasteiger partial charge in [-0.05, 0) is 33.3 Å². The van der Waals surface area contributed by atoms with Crippen molar-refractivity contribution in [2.24, 2.45) is 5.73 Å². The molecule has 0 saturated carbocycles. The predicted molar refractivity (Wildman–Crippen MR) is 84.7 cm³/mol. The van der Waals surface area contributed by atoms with Crippen molar-refractivity contribution in [3.8, 4) is 0 Å². The van der Waals surface area contributed by atoms with Gasteiger partial charge < -0.3 is 15.1 Å². The van der Waals surface area contributed by atoms with Crippen molar-refractivity contribution in [1.82, 2.24) is 9.80 Å². The van der Waals surface area contributed by atoms with Gasteiger partial charge in [0.15, 0.2) is 0 Å². The van der Waals surface area contributed by atoms with Crippen LogP contribution in [0, 0.1) is 10.1 Å². The normalized spacial score (nSPS) is 13.0. The van der Waals surface area contributed by atoms with E-state index in [4.69, 9.17) is 10.2 Å². The summed E-state index contributed by atoms with van der Waals surface area (Å²) in [4.78, 5) is 13.9. The first kappa shape index (κ1) is 18.0. The Morgan fingerprint density at radius 3 is 2.67 bits per heavy atom. The van der Waals surface area contributed by atoms with Gasteiger partial charge in [0.05, 0.1) is 12.3 Å². The molecule has 0 saturated heterocycles. The lowest BCUT2D eigenvalue weighted by Gasteiger charge is -2.20. The van der Waals surface area contributed by atoms with Gasteiger partial charge in [-0.15, -0.1) is 0 Å². The molecule has 0 spiro atoms. The third-order valence-electron chi connectivity index (χ3n) is 2.92. The van der Waals surface area contributed by atoms with Crippen LogP contribution < -0.4 is 5.73 Å². The second-order valence-electron chi connectivity index (χ2n) is 5.22. The van der Waals surface area contributed by atoms with Gasteiger partial charge in [0.1, 0.15) is 17.7 Å². The van der Waals surface area contributed by atoms with Crippen LogP contribution in [-0.4, -0.2) is 60.9 Å². The minimum Gasteiger partial charge on any atom is -0.464 e. The molecule has 1 atom stereocenters. The standard InChI is InChI=1S/C13H24N4O3S/c1-15(2)8-11-4-5-12(20-11)10-21-7-6-16(3)13(14)9-17(18)19/h4-5,13H,6-10,14H2,1-3H3. The first-order valence-corrected chi connectivity index (χ1v) is 7.91. The van der Waals surface area contributed by atoms with Crippen LogP contribution in [-0.2, 0) is 12.3 Å². The number of rotatable bonds is 10. The molecule has 0 aliphatic rings. The molecule has 8 heteroatoms. The van der Waals surface area contributed by atoms with Gasteiger partial charge in [0.2, 0.25) is 6.54 Å². The monoisotopic (exact) mass is 316 g/mol. The van der Waals surface area contributed by atoms with Gasteiger partial charge in [-0.1, -0.05) is 0 Å². The lowest BCUT2D eigenvalue weighted by Crippen LogP contribution is -2.45. The van der Waals surface area contributed by atoms with E-state index in [1.165, 1.54) is 0 Å². The van der Waals surface area contributed by atoms with Crippen LogP contribution in [0.4, 0.5) is 0 Å². The summed E-state index contributed by atoms with van der Waals surface area (Å²) < 4.78 is 5.71. The molecule has 1 rings (SSSR count). The molecule has 7 nitrogen and oxygen atoms in total. The zero-order valence-corrected chi connectivity index (χ0v) is 13.6. The maximum Gasteiger partial charge on any atom is 0.231 e. The molecule has 1 aromatic rings. The Morgan fingerprint density at radius 1 is 1.38 bits per heavy atom. The molecule has 120 valence electrons. The highest BCUT2D eigenvalue weighted by Crippen LogP contribution is 2.16. The Hall–Kier alpha value is -1.09. The summed E-state index contributed by atoms with van der Waals surface area (Å²) >= 11 is 1.73. The van der Waals surface area contributed by atoms with Crippen LogP contribution in [0.5, 0.6) is 0 Å². The lowest BCUT2D eigenvalue weighted by molar-refractivity contribution is -0.486. The highest BCUT2D eigenvalue weighted by Gasteiger charge is 2.15. The summed E-state index contributed by atoms with van der Waals surface area (Å²) in [5, 5.41) is 10.4. The van der Waals surface area contributed by atoms with E-state index in [-0.39, 0.29) is 11.5 Å². The number of thioether (sulfide) groups is 1. The third-order valence-corrected chi connectivity index (χ3v) is 3.88. The predicted octanol–water partition coefficient (Wildman–Crippen LogP) is 1.07. The molecule has 1 aromatic heterocycles. The average molecular weight is 316 g/mol. The van der Waals surface area contributed by atoms with Crippen molar-refractivity contribution in [2.75, 3.05) is 40.0 Å². The smallest absolute Gasteiger partial charge is 0.231 e. The molecule has 21 heavy (non-hydrogen) atoms. The maximum absolute atomic E-state index is 10.4. The molecule has 0 bridgehead atoms. The number of hydrogen-bond acceptors (Lipinski definition) is 7. The molecule has 0 aliphatic heterocycles. The Kier molecular flexibility index (Phi) is 7.73. The van der Waals surface area contributed by atoms with Gasteiger partial charge >= 0.3 is 0 Å². The maximum atomic E-state index is 10.4. The van der Waals surface area contributed by atoms with Crippen LogP contribution in [0.1, 0.15) is 11.5 Å². The molecule has 1 heterocycles. The lowest BCUT2D eigenvalue weighted by atomic mass is 10.4. The molecule has 2 N–H and O–H groups in total. The number of hydrogen-bond donors (Lipinski definition) is 1. The summed E-state index contributed by atoms with van der Waals surface area (Å²) in [6.07, 6.45) is -0.532. The van der Waals surface area contributed by atoms with Gasteiger partial charge in [0, 0.05) is 17.2 Å². The highest BCUT2D eigenvalue weighted by molar-refractivity contribution is 7.98. The van der Waals surface area contributed by atoms with E-state index in [1.54, 1.807) is 23.7 Å². The van der Waals surface area contributed by atoms with Crippen LogP contribution in [0.3, 0.4) is 0 Å². The van der Waals surface area contributed by atoms with Crippen molar-refractivity contribution in [1.29, 1.82) is 0 Å². The summed E-state index contributed by atoms with van der Waals surface area (Å²) in [7, 11) is 5.80. The van der Waals surface area contributed by atoms with E-state index < -0.39 is 6.17 Å². The molecular weight excluding hydrogens is 292 g/mol.